The Morgan fingerprint density at radius 3 is 2.54 bits per heavy atom. The van der Waals surface area contributed by atoms with Crippen LogP contribution in [0.2, 0.25) is 0 Å². The van der Waals surface area contributed by atoms with Gasteiger partial charge in [-0.05, 0) is 49.2 Å². The number of benzene rings is 1. The lowest BCUT2D eigenvalue weighted by molar-refractivity contribution is -0.122. The lowest BCUT2D eigenvalue weighted by Gasteiger charge is -2.26. The van der Waals surface area contributed by atoms with Crippen molar-refractivity contribution in [2.45, 2.75) is 12.8 Å². The number of nitrogens with one attached hydrogen (secondary N) is 1. The number of hydrogen-bond acceptors (Lipinski definition) is 5. The van der Waals surface area contributed by atoms with Crippen LogP contribution in [0.5, 0.6) is 0 Å². The summed E-state index contributed by atoms with van der Waals surface area (Å²) in [6.07, 6.45) is 6.13. The number of halogens is 1. The van der Waals surface area contributed by atoms with Crippen LogP contribution in [-0.2, 0) is 9.59 Å². The van der Waals surface area contributed by atoms with E-state index >= 15 is 0 Å². The van der Waals surface area contributed by atoms with Crippen molar-refractivity contribution in [2.24, 2.45) is 0 Å². The van der Waals surface area contributed by atoms with Crippen molar-refractivity contribution in [1.82, 2.24) is 10.3 Å². The van der Waals surface area contributed by atoms with E-state index in [9.17, 15) is 18.8 Å². The molecule has 3 heterocycles. The Balaban J connectivity index is 1.67. The number of nitrogens with zero attached hydrogens (tertiary/aromatic N) is 3. The highest BCUT2D eigenvalue weighted by atomic mass is 19.1. The molecule has 0 saturated carbocycles. The van der Waals surface area contributed by atoms with E-state index < -0.39 is 23.7 Å². The lowest BCUT2D eigenvalue weighted by atomic mass is 10.1. The van der Waals surface area contributed by atoms with Gasteiger partial charge >= 0.3 is 6.03 Å². The van der Waals surface area contributed by atoms with E-state index in [-0.39, 0.29) is 16.8 Å². The number of hydrogen-bond donors (Lipinski definition) is 1. The number of carbonyl (C=O) groups is 3. The second-order valence-corrected chi connectivity index (χ2v) is 6.57. The van der Waals surface area contributed by atoms with Crippen molar-refractivity contribution in [2.75, 3.05) is 22.9 Å². The van der Waals surface area contributed by atoms with E-state index in [2.05, 4.69) is 15.2 Å². The van der Waals surface area contributed by atoms with Crippen molar-refractivity contribution in [3.05, 3.63) is 59.7 Å². The van der Waals surface area contributed by atoms with Crippen LogP contribution in [0, 0.1) is 5.82 Å². The van der Waals surface area contributed by atoms with Crippen molar-refractivity contribution >= 4 is 35.3 Å². The quantitative estimate of drug-likeness (QED) is 0.653. The highest BCUT2D eigenvalue weighted by Crippen LogP contribution is 2.25. The lowest BCUT2D eigenvalue weighted by Crippen LogP contribution is -2.54. The minimum absolute atomic E-state index is 0.0990. The molecule has 4 rings (SSSR count). The molecule has 0 unspecified atom stereocenters. The third-order valence-corrected chi connectivity index (χ3v) is 4.76. The first-order valence-electron chi connectivity index (χ1n) is 8.90. The van der Waals surface area contributed by atoms with Gasteiger partial charge in [-0.15, -0.1) is 0 Å². The van der Waals surface area contributed by atoms with Crippen LogP contribution in [-0.4, -0.2) is 35.9 Å². The van der Waals surface area contributed by atoms with Crippen molar-refractivity contribution < 1.29 is 18.8 Å². The molecule has 0 bridgehead atoms. The Hall–Kier alpha value is -3.55. The summed E-state index contributed by atoms with van der Waals surface area (Å²) < 4.78 is 14.6. The monoisotopic (exact) mass is 380 g/mol. The fourth-order valence-electron chi connectivity index (χ4n) is 3.34. The fourth-order valence-corrected chi connectivity index (χ4v) is 3.34. The molecule has 1 aromatic heterocycles. The van der Waals surface area contributed by atoms with Gasteiger partial charge in [0.25, 0.3) is 11.8 Å². The molecule has 2 aromatic rings. The second-order valence-electron chi connectivity index (χ2n) is 6.57. The van der Waals surface area contributed by atoms with Gasteiger partial charge in [-0.2, -0.15) is 0 Å². The molecule has 0 atom stereocenters. The predicted molar refractivity (Wildman–Crippen MR) is 101 cm³/mol. The molecule has 0 aliphatic carbocycles. The molecule has 2 saturated heterocycles. The van der Waals surface area contributed by atoms with Crippen LogP contribution in [0.15, 0.2) is 48.3 Å². The van der Waals surface area contributed by atoms with E-state index in [1.165, 1.54) is 30.6 Å². The van der Waals surface area contributed by atoms with Gasteiger partial charge in [-0.3, -0.25) is 19.9 Å². The number of amides is 4. The zero-order valence-corrected chi connectivity index (χ0v) is 14.9. The molecule has 28 heavy (non-hydrogen) atoms. The van der Waals surface area contributed by atoms with Crippen LogP contribution < -0.4 is 15.1 Å². The fraction of sp³-hybridized carbons (Fsp3) is 0.200. The number of carbonyl (C=O) groups excluding carboxylic acids is 3. The smallest absolute Gasteiger partial charge is 0.336 e. The maximum Gasteiger partial charge on any atom is 0.336 e. The van der Waals surface area contributed by atoms with Gasteiger partial charge in [0, 0.05) is 30.5 Å². The molecule has 8 heteroatoms. The summed E-state index contributed by atoms with van der Waals surface area (Å²) in [5.74, 6) is -2.23. The molecular weight excluding hydrogens is 363 g/mol. The van der Waals surface area contributed by atoms with Gasteiger partial charge in [0.15, 0.2) is 0 Å². The van der Waals surface area contributed by atoms with E-state index in [0.29, 0.717) is 0 Å². The Labute approximate surface area is 160 Å². The molecule has 0 radical (unpaired) electrons. The number of imide groups is 2. The Kier molecular flexibility index (Phi) is 4.60. The third kappa shape index (κ3) is 3.24. The van der Waals surface area contributed by atoms with Gasteiger partial charge in [0.2, 0.25) is 0 Å². The zero-order chi connectivity index (χ0) is 19.7. The molecule has 1 N–H and O–H groups in total. The summed E-state index contributed by atoms with van der Waals surface area (Å²) in [6, 6.07) is 6.89. The van der Waals surface area contributed by atoms with Crippen molar-refractivity contribution in [3.63, 3.8) is 0 Å². The first-order valence-corrected chi connectivity index (χ1v) is 8.90. The summed E-state index contributed by atoms with van der Waals surface area (Å²) in [5, 5.41) is 2.10. The SMILES string of the molecule is O=C1NC(=O)N(c2cccnc2)C(=O)/C1=C\c1ccc(N2CCCC2)cc1F. The van der Waals surface area contributed by atoms with Crippen LogP contribution >= 0.6 is 0 Å². The van der Waals surface area contributed by atoms with Gasteiger partial charge < -0.3 is 4.90 Å². The molecule has 7 nitrogen and oxygen atoms in total. The highest BCUT2D eigenvalue weighted by molar-refractivity contribution is 6.39. The van der Waals surface area contributed by atoms with Gasteiger partial charge in [-0.25, -0.2) is 14.1 Å². The Bertz CT molecular complexity index is 984. The molecule has 4 amide bonds. The number of pyridine rings is 1. The number of aromatic nitrogens is 1. The highest BCUT2D eigenvalue weighted by Gasteiger charge is 2.37. The van der Waals surface area contributed by atoms with Crippen LogP contribution in [0.3, 0.4) is 0 Å². The van der Waals surface area contributed by atoms with Gasteiger partial charge in [0.1, 0.15) is 11.4 Å². The summed E-state index contributed by atoms with van der Waals surface area (Å²) in [7, 11) is 0. The summed E-state index contributed by atoms with van der Waals surface area (Å²) in [4.78, 5) is 43.8. The minimum atomic E-state index is -0.870. The minimum Gasteiger partial charge on any atom is -0.371 e. The maximum atomic E-state index is 14.6. The summed E-state index contributed by atoms with van der Waals surface area (Å²) in [5.41, 5.74) is 0.759. The molecule has 142 valence electrons. The molecule has 2 aliphatic heterocycles. The largest absolute Gasteiger partial charge is 0.371 e. The Morgan fingerprint density at radius 1 is 1.07 bits per heavy atom. The average molecular weight is 380 g/mol. The summed E-state index contributed by atoms with van der Waals surface area (Å²) in [6.45, 7) is 1.76. The van der Waals surface area contributed by atoms with E-state index in [1.807, 2.05) is 0 Å². The number of barbiturate groups is 1. The van der Waals surface area contributed by atoms with E-state index in [4.69, 9.17) is 0 Å². The zero-order valence-electron chi connectivity index (χ0n) is 14.9. The van der Waals surface area contributed by atoms with E-state index in [0.717, 1.165) is 42.6 Å². The number of urea groups is 1. The normalized spacial score (nSPS) is 18.8. The Morgan fingerprint density at radius 2 is 1.86 bits per heavy atom. The summed E-state index contributed by atoms with van der Waals surface area (Å²) >= 11 is 0. The van der Waals surface area contributed by atoms with Crippen molar-refractivity contribution in [3.8, 4) is 0 Å². The first kappa shape index (κ1) is 17.8. The van der Waals surface area contributed by atoms with Gasteiger partial charge in [0.05, 0.1) is 11.9 Å². The van der Waals surface area contributed by atoms with E-state index in [1.54, 1.807) is 12.1 Å². The van der Waals surface area contributed by atoms with Crippen LogP contribution in [0.1, 0.15) is 18.4 Å². The van der Waals surface area contributed by atoms with Gasteiger partial charge in [-0.1, -0.05) is 0 Å². The van der Waals surface area contributed by atoms with Crippen molar-refractivity contribution in [1.29, 1.82) is 0 Å². The topological polar surface area (TPSA) is 82.6 Å². The second kappa shape index (κ2) is 7.22. The molecule has 0 spiro atoms. The first-order chi connectivity index (χ1) is 13.5. The molecule has 1 aromatic carbocycles. The molecule has 2 aliphatic rings. The maximum absolute atomic E-state index is 14.6. The number of rotatable bonds is 3. The number of anilines is 2. The molecule has 2 fully saturated rings. The molecular formula is C20H17FN4O3. The van der Waals surface area contributed by atoms with Crippen LogP contribution in [0.4, 0.5) is 20.6 Å². The predicted octanol–water partition coefficient (Wildman–Crippen LogP) is 2.49. The standard InChI is InChI=1S/C20H17FN4O3/c21-17-11-14(24-8-1-2-9-24)6-5-13(17)10-16-18(26)23-20(28)25(19(16)27)15-4-3-7-22-12-15/h3-7,10-12H,1-2,8-9H2,(H,23,26,28)/b16-10-. The average Bonchev–Trinajstić information content (AvgIpc) is 3.21. The van der Waals surface area contributed by atoms with Crippen LogP contribution in [0.25, 0.3) is 6.08 Å². The third-order valence-electron chi connectivity index (χ3n) is 4.76.